The minimum absolute atomic E-state index is 0.473. The standard InChI is InChI=1S/C9H12O2S/c1-7-5-8(12-6-7)9(2)10-3-4-11-9/h5-6H,3-4H2,1-2H3. The molecule has 0 aliphatic carbocycles. The van der Waals surface area contributed by atoms with Crippen molar-refractivity contribution in [3.63, 3.8) is 0 Å². The molecule has 1 fully saturated rings. The number of aryl methyl sites for hydroxylation is 1. The van der Waals surface area contributed by atoms with Crippen LogP contribution in [0.5, 0.6) is 0 Å². The first-order chi connectivity index (χ1) is 5.71. The molecule has 2 rings (SSSR count). The zero-order valence-corrected chi connectivity index (χ0v) is 8.11. The Kier molecular flexibility index (Phi) is 1.94. The van der Waals surface area contributed by atoms with Crippen LogP contribution in [-0.4, -0.2) is 13.2 Å². The Hall–Kier alpha value is -0.380. The van der Waals surface area contributed by atoms with Crippen LogP contribution < -0.4 is 0 Å². The summed E-state index contributed by atoms with van der Waals surface area (Å²) in [6, 6.07) is 2.12. The predicted octanol–water partition coefficient (Wildman–Crippen LogP) is 2.28. The van der Waals surface area contributed by atoms with Crippen molar-refractivity contribution in [1.29, 1.82) is 0 Å². The average molecular weight is 184 g/mol. The van der Waals surface area contributed by atoms with Gasteiger partial charge in [0.15, 0.2) is 0 Å². The van der Waals surface area contributed by atoms with Crippen LogP contribution in [0.15, 0.2) is 11.4 Å². The van der Waals surface area contributed by atoms with E-state index in [1.54, 1.807) is 11.3 Å². The number of ether oxygens (including phenoxy) is 2. The second-order valence-electron chi connectivity index (χ2n) is 3.13. The summed E-state index contributed by atoms with van der Waals surface area (Å²) in [6.45, 7) is 5.46. The smallest absolute Gasteiger partial charge is 0.201 e. The van der Waals surface area contributed by atoms with Crippen molar-refractivity contribution >= 4 is 11.3 Å². The van der Waals surface area contributed by atoms with Crippen LogP contribution >= 0.6 is 11.3 Å². The van der Waals surface area contributed by atoms with Crippen LogP contribution in [-0.2, 0) is 15.3 Å². The van der Waals surface area contributed by atoms with Gasteiger partial charge in [-0.05, 0) is 30.9 Å². The molecule has 0 N–H and O–H groups in total. The third-order valence-electron chi connectivity index (χ3n) is 2.02. The largest absolute Gasteiger partial charge is 0.343 e. The van der Waals surface area contributed by atoms with Gasteiger partial charge in [-0.3, -0.25) is 0 Å². The monoisotopic (exact) mass is 184 g/mol. The van der Waals surface area contributed by atoms with E-state index in [9.17, 15) is 0 Å². The molecule has 0 aromatic carbocycles. The number of thiophene rings is 1. The number of rotatable bonds is 1. The molecular formula is C9H12O2S. The van der Waals surface area contributed by atoms with E-state index >= 15 is 0 Å². The average Bonchev–Trinajstić information content (AvgIpc) is 2.59. The first-order valence-electron chi connectivity index (χ1n) is 4.04. The van der Waals surface area contributed by atoms with E-state index in [1.165, 1.54) is 5.56 Å². The van der Waals surface area contributed by atoms with E-state index in [4.69, 9.17) is 9.47 Å². The highest BCUT2D eigenvalue weighted by molar-refractivity contribution is 7.10. The topological polar surface area (TPSA) is 18.5 Å². The molecule has 1 aliphatic rings. The lowest BCUT2D eigenvalue weighted by Gasteiger charge is -2.19. The van der Waals surface area contributed by atoms with E-state index < -0.39 is 5.79 Å². The highest BCUT2D eigenvalue weighted by atomic mass is 32.1. The molecule has 0 bridgehead atoms. The summed E-state index contributed by atoms with van der Waals surface area (Å²) in [7, 11) is 0. The van der Waals surface area contributed by atoms with Gasteiger partial charge in [-0.25, -0.2) is 0 Å². The fraction of sp³-hybridized carbons (Fsp3) is 0.556. The van der Waals surface area contributed by atoms with Gasteiger partial charge < -0.3 is 9.47 Å². The summed E-state index contributed by atoms with van der Waals surface area (Å²) < 4.78 is 11.1. The summed E-state index contributed by atoms with van der Waals surface area (Å²) >= 11 is 1.70. The minimum atomic E-state index is -0.473. The lowest BCUT2D eigenvalue weighted by molar-refractivity contribution is -0.146. The van der Waals surface area contributed by atoms with Crippen LogP contribution in [0, 0.1) is 6.92 Å². The Balaban J connectivity index is 2.28. The number of hydrogen-bond acceptors (Lipinski definition) is 3. The molecule has 0 atom stereocenters. The normalized spacial score (nSPS) is 21.5. The van der Waals surface area contributed by atoms with Gasteiger partial charge in [-0.1, -0.05) is 0 Å². The van der Waals surface area contributed by atoms with Crippen molar-refractivity contribution in [2.75, 3.05) is 13.2 Å². The third-order valence-corrected chi connectivity index (χ3v) is 3.25. The van der Waals surface area contributed by atoms with Crippen LogP contribution in [0.25, 0.3) is 0 Å². The molecular weight excluding hydrogens is 172 g/mol. The molecule has 0 unspecified atom stereocenters. The fourth-order valence-corrected chi connectivity index (χ4v) is 2.29. The highest BCUT2D eigenvalue weighted by Crippen LogP contribution is 2.34. The van der Waals surface area contributed by atoms with Gasteiger partial charge in [-0.2, -0.15) is 0 Å². The van der Waals surface area contributed by atoms with Gasteiger partial charge in [-0.15, -0.1) is 11.3 Å². The third kappa shape index (κ3) is 1.28. The molecule has 3 heteroatoms. The molecule has 66 valence electrons. The van der Waals surface area contributed by atoms with Crippen molar-refractivity contribution < 1.29 is 9.47 Å². The van der Waals surface area contributed by atoms with Gasteiger partial charge >= 0.3 is 0 Å². The maximum atomic E-state index is 5.53. The Morgan fingerprint density at radius 2 is 2.08 bits per heavy atom. The zero-order chi connectivity index (χ0) is 8.60. The molecule has 0 radical (unpaired) electrons. The van der Waals surface area contributed by atoms with Gasteiger partial charge in [0.05, 0.1) is 18.1 Å². The second-order valence-corrected chi connectivity index (χ2v) is 4.04. The summed E-state index contributed by atoms with van der Waals surface area (Å²) in [5.74, 6) is -0.473. The molecule has 1 aliphatic heterocycles. The quantitative estimate of drug-likeness (QED) is 0.666. The van der Waals surface area contributed by atoms with Gasteiger partial charge in [0.1, 0.15) is 0 Å². The van der Waals surface area contributed by atoms with E-state index in [-0.39, 0.29) is 0 Å². The molecule has 1 aromatic heterocycles. The molecule has 2 heterocycles. The Morgan fingerprint density at radius 3 is 2.58 bits per heavy atom. The molecule has 2 nitrogen and oxygen atoms in total. The van der Waals surface area contributed by atoms with E-state index in [2.05, 4.69) is 18.4 Å². The molecule has 0 amide bonds. The first-order valence-corrected chi connectivity index (χ1v) is 4.92. The predicted molar refractivity (Wildman–Crippen MR) is 48.3 cm³/mol. The zero-order valence-electron chi connectivity index (χ0n) is 7.29. The van der Waals surface area contributed by atoms with Crippen LogP contribution in [0.3, 0.4) is 0 Å². The summed E-state index contributed by atoms with van der Waals surface area (Å²) in [6.07, 6.45) is 0. The Bertz CT molecular complexity index is 274. The van der Waals surface area contributed by atoms with E-state index in [1.807, 2.05) is 6.92 Å². The lowest BCUT2D eigenvalue weighted by Crippen LogP contribution is -2.20. The van der Waals surface area contributed by atoms with Gasteiger partial charge in [0.2, 0.25) is 5.79 Å². The molecule has 12 heavy (non-hydrogen) atoms. The van der Waals surface area contributed by atoms with Crippen LogP contribution in [0.4, 0.5) is 0 Å². The van der Waals surface area contributed by atoms with Crippen molar-refractivity contribution in [3.8, 4) is 0 Å². The maximum absolute atomic E-state index is 5.53. The first kappa shape index (κ1) is 8.23. The highest BCUT2D eigenvalue weighted by Gasteiger charge is 2.34. The van der Waals surface area contributed by atoms with Crippen molar-refractivity contribution in [2.24, 2.45) is 0 Å². The van der Waals surface area contributed by atoms with E-state index in [0.717, 1.165) is 4.88 Å². The maximum Gasteiger partial charge on any atom is 0.201 e. The fourth-order valence-electron chi connectivity index (χ4n) is 1.33. The Labute approximate surface area is 76.1 Å². The molecule has 1 aromatic rings. The number of hydrogen-bond donors (Lipinski definition) is 0. The second kappa shape index (κ2) is 2.83. The Morgan fingerprint density at radius 1 is 1.42 bits per heavy atom. The van der Waals surface area contributed by atoms with Crippen LogP contribution in [0.1, 0.15) is 17.4 Å². The van der Waals surface area contributed by atoms with Crippen molar-refractivity contribution in [3.05, 3.63) is 21.9 Å². The van der Waals surface area contributed by atoms with Crippen molar-refractivity contribution in [2.45, 2.75) is 19.6 Å². The lowest BCUT2D eigenvalue weighted by atomic mass is 10.2. The van der Waals surface area contributed by atoms with Gasteiger partial charge in [0, 0.05) is 0 Å². The molecule has 1 saturated heterocycles. The summed E-state index contributed by atoms with van der Waals surface area (Å²) in [4.78, 5) is 1.16. The van der Waals surface area contributed by atoms with E-state index in [0.29, 0.717) is 13.2 Å². The minimum Gasteiger partial charge on any atom is -0.343 e. The molecule has 0 saturated carbocycles. The SMILES string of the molecule is Cc1csc(C2(C)OCCO2)c1. The van der Waals surface area contributed by atoms with Gasteiger partial charge in [0.25, 0.3) is 0 Å². The van der Waals surface area contributed by atoms with Crippen LogP contribution in [0.2, 0.25) is 0 Å². The molecule has 0 spiro atoms. The van der Waals surface area contributed by atoms with Crippen molar-refractivity contribution in [1.82, 2.24) is 0 Å². The summed E-state index contributed by atoms with van der Waals surface area (Å²) in [5.41, 5.74) is 1.27. The summed E-state index contributed by atoms with van der Waals surface area (Å²) in [5, 5.41) is 2.12.